The van der Waals surface area contributed by atoms with E-state index in [2.05, 4.69) is 0 Å². The number of carbonyl (C=O) groups is 1. The summed E-state index contributed by atoms with van der Waals surface area (Å²) in [5.41, 5.74) is 0.423. The molecule has 24 heavy (non-hydrogen) atoms. The number of nitro benzene ring substituents is 1. The van der Waals surface area contributed by atoms with Crippen LogP contribution in [0.1, 0.15) is 5.56 Å². The van der Waals surface area contributed by atoms with Gasteiger partial charge < -0.3 is 9.47 Å². The van der Waals surface area contributed by atoms with Crippen LogP contribution in [-0.4, -0.2) is 23.8 Å². The third kappa shape index (κ3) is 4.95. The van der Waals surface area contributed by atoms with Crippen LogP contribution in [-0.2, 0) is 16.1 Å². The van der Waals surface area contributed by atoms with Crippen molar-refractivity contribution < 1.29 is 23.6 Å². The molecule has 0 aliphatic carbocycles. The molecule has 2 aromatic rings. The molecule has 0 radical (unpaired) electrons. The molecule has 6 nitrogen and oxygen atoms in total. The number of benzene rings is 2. The number of esters is 1. The Hall–Kier alpha value is -2.61. The summed E-state index contributed by atoms with van der Waals surface area (Å²) in [7, 11) is 1.45. The molecular formula is C16H14FNO5S. The minimum Gasteiger partial charge on any atom is -0.496 e. The minimum atomic E-state index is -0.491. The van der Waals surface area contributed by atoms with Gasteiger partial charge in [-0.3, -0.25) is 14.9 Å². The Kier molecular flexibility index (Phi) is 6.14. The van der Waals surface area contributed by atoms with E-state index in [1.807, 2.05) is 0 Å². The van der Waals surface area contributed by atoms with E-state index in [9.17, 15) is 19.3 Å². The highest BCUT2D eigenvalue weighted by atomic mass is 32.2. The Labute approximate surface area is 141 Å². The van der Waals surface area contributed by atoms with E-state index < -0.39 is 16.7 Å². The molecule has 0 heterocycles. The van der Waals surface area contributed by atoms with Crippen LogP contribution in [0.5, 0.6) is 5.75 Å². The van der Waals surface area contributed by atoms with Crippen molar-refractivity contribution in [1.82, 2.24) is 0 Å². The highest BCUT2D eigenvalue weighted by Crippen LogP contribution is 2.23. The van der Waals surface area contributed by atoms with Gasteiger partial charge in [0, 0.05) is 22.6 Å². The van der Waals surface area contributed by atoms with Crippen molar-refractivity contribution in [3.63, 3.8) is 0 Å². The van der Waals surface area contributed by atoms with Crippen molar-refractivity contribution in [2.45, 2.75) is 11.5 Å². The van der Waals surface area contributed by atoms with E-state index in [1.165, 1.54) is 49.2 Å². The molecule has 0 saturated heterocycles. The summed E-state index contributed by atoms with van der Waals surface area (Å²) < 4.78 is 23.4. The van der Waals surface area contributed by atoms with E-state index in [4.69, 9.17) is 9.47 Å². The Morgan fingerprint density at radius 2 is 1.96 bits per heavy atom. The Bertz CT molecular complexity index is 736. The molecule has 0 atom stereocenters. The Balaban J connectivity index is 1.85. The molecule has 0 saturated carbocycles. The molecule has 0 amide bonds. The van der Waals surface area contributed by atoms with Crippen molar-refractivity contribution in [2.24, 2.45) is 0 Å². The average molecular weight is 351 g/mol. The second kappa shape index (κ2) is 8.30. The number of carbonyl (C=O) groups excluding carboxylic acids is 1. The lowest BCUT2D eigenvalue weighted by molar-refractivity contribution is -0.384. The normalized spacial score (nSPS) is 10.2. The topological polar surface area (TPSA) is 78.7 Å². The fraction of sp³-hybridized carbons (Fsp3) is 0.188. The van der Waals surface area contributed by atoms with Crippen LogP contribution >= 0.6 is 11.8 Å². The van der Waals surface area contributed by atoms with Crippen molar-refractivity contribution in [1.29, 1.82) is 0 Å². The van der Waals surface area contributed by atoms with Crippen molar-refractivity contribution in [3.8, 4) is 5.75 Å². The van der Waals surface area contributed by atoms with Crippen molar-refractivity contribution in [3.05, 3.63) is 64.0 Å². The molecule has 2 aromatic carbocycles. The molecule has 0 fully saturated rings. The number of non-ortho nitro benzene ring substituents is 1. The number of ether oxygens (including phenoxy) is 2. The monoisotopic (exact) mass is 351 g/mol. The first-order valence-corrected chi connectivity index (χ1v) is 7.83. The van der Waals surface area contributed by atoms with Crippen molar-refractivity contribution >= 4 is 23.4 Å². The largest absolute Gasteiger partial charge is 0.496 e. The second-order valence-corrected chi connectivity index (χ2v) is 5.71. The van der Waals surface area contributed by atoms with Gasteiger partial charge in [-0.05, 0) is 30.3 Å². The summed E-state index contributed by atoms with van der Waals surface area (Å²) in [5, 5.41) is 10.6. The smallest absolute Gasteiger partial charge is 0.316 e. The number of thioether (sulfide) groups is 1. The van der Waals surface area contributed by atoms with Crippen LogP contribution in [0.4, 0.5) is 10.1 Å². The molecule has 0 unspecified atom stereocenters. The van der Waals surface area contributed by atoms with Crippen LogP contribution < -0.4 is 4.74 Å². The molecule has 0 N–H and O–H groups in total. The van der Waals surface area contributed by atoms with E-state index >= 15 is 0 Å². The van der Waals surface area contributed by atoms with Gasteiger partial charge in [-0.15, -0.1) is 11.8 Å². The first-order chi connectivity index (χ1) is 11.5. The van der Waals surface area contributed by atoms with Crippen molar-refractivity contribution in [2.75, 3.05) is 12.9 Å². The fourth-order valence-corrected chi connectivity index (χ4v) is 2.56. The summed E-state index contributed by atoms with van der Waals surface area (Å²) in [4.78, 5) is 22.5. The maximum absolute atomic E-state index is 13.2. The molecule has 2 rings (SSSR count). The number of methoxy groups -OCH3 is 1. The predicted octanol–water partition coefficient (Wildman–Crippen LogP) is 3.58. The van der Waals surface area contributed by atoms with Gasteiger partial charge in [0.2, 0.25) is 0 Å². The summed E-state index contributed by atoms with van der Waals surface area (Å²) in [6.07, 6.45) is 0. The number of nitrogens with zero attached hydrogens (tertiary/aromatic N) is 1. The maximum Gasteiger partial charge on any atom is 0.316 e. The quantitative estimate of drug-likeness (QED) is 0.328. The molecule has 126 valence electrons. The molecular weight excluding hydrogens is 337 g/mol. The number of rotatable bonds is 7. The predicted molar refractivity (Wildman–Crippen MR) is 86.6 cm³/mol. The first kappa shape index (κ1) is 17.7. The third-order valence-electron chi connectivity index (χ3n) is 3.04. The SMILES string of the molecule is COc1ccc(F)cc1COC(=O)CSc1ccc([N+](=O)[O-])cc1. The van der Waals surface area contributed by atoms with Gasteiger partial charge in [-0.2, -0.15) is 0 Å². The van der Waals surface area contributed by atoms with Gasteiger partial charge in [-0.25, -0.2) is 4.39 Å². The van der Waals surface area contributed by atoms with Crippen LogP contribution in [0.15, 0.2) is 47.4 Å². The van der Waals surface area contributed by atoms with Gasteiger partial charge in [-0.1, -0.05) is 0 Å². The molecule has 0 aliphatic heterocycles. The maximum atomic E-state index is 13.2. The fourth-order valence-electron chi connectivity index (χ4n) is 1.87. The Morgan fingerprint density at radius 1 is 1.25 bits per heavy atom. The molecule has 0 aliphatic rings. The first-order valence-electron chi connectivity index (χ1n) is 6.85. The lowest BCUT2D eigenvalue weighted by atomic mass is 10.2. The van der Waals surface area contributed by atoms with Gasteiger partial charge in [0.25, 0.3) is 5.69 Å². The molecule has 0 bridgehead atoms. The van der Waals surface area contributed by atoms with Crippen LogP contribution in [0.25, 0.3) is 0 Å². The average Bonchev–Trinajstić information content (AvgIpc) is 2.58. The number of hydrogen-bond acceptors (Lipinski definition) is 6. The lowest BCUT2D eigenvalue weighted by Gasteiger charge is -2.09. The molecule has 0 spiro atoms. The lowest BCUT2D eigenvalue weighted by Crippen LogP contribution is -2.08. The number of nitro groups is 1. The summed E-state index contributed by atoms with van der Waals surface area (Å²) >= 11 is 1.19. The standard InChI is InChI=1S/C16H14FNO5S/c1-22-15-7-2-12(17)8-11(15)9-23-16(19)10-24-14-5-3-13(4-6-14)18(20)21/h2-8H,9-10H2,1H3. The van der Waals surface area contributed by atoms with Gasteiger partial charge in [0.05, 0.1) is 17.8 Å². The summed E-state index contributed by atoms with van der Waals surface area (Å²) in [6, 6.07) is 9.82. The molecule has 0 aromatic heterocycles. The van der Waals surface area contributed by atoms with Crippen LogP contribution in [0.3, 0.4) is 0 Å². The minimum absolute atomic E-state index is 0.0138. The van der Waals surface area contributed by atoms with E-state index in [0.717, 1.165) is 0 Å². The van der Waals surface area contributed by atoms with Gasteiger partial charge >= 0.3 is 5.97 Å². The van der Waals surface area contributed by atoms with Crippen LogP contribution in [0.2, 0.25) is 0 Å². The number of hydrogen-bond donors (Lipinski definition) is 0. The highest BCUT2D eigenvalue weighted by Gasteiger charge is 2.10. The zero-order chi connectivity index (χ0) is 17.5. The third-order valence-corrected chi connectivity index (χ3v) is 4.02. The van der Waals surface area contributed by atoms with Crippen LogP contribution in [0, 0.1) is 15.9 Å². The zero-order valence-electron chi connectivity index (χ0n) is 12.7. The second-order valence-electron chi connectivity index (χ2n) is 4.66. The summed E-state index contributed by atoms with van der Waals surface area (Å²) in [5.74, 6) is -0.450. The van der Waals surface area contributed by atoms with Gasteiger partial charge in [0.15, 0.2) is 0 Å². The van der Waals surface area contributed by atoms with E-state index in [1.54, 1.807) is 12.1 Å². The highest BCUT2D eigenvalue weighted by molar-refractivity contribution is 8.00. The molecule has 8 heteroatoms. The number of halogens is 1. The van der Waals surface area contributed by atoms with Gasteiger partial charge in [0.1, 0.15) is 18.2 Å². The van der Waals surface area contributed by atoms with E-state index in [-0.39, 0.29) is 18.0 Å². The zero-order valence-corrected chi connectivity index (χ0v) is 13.5. The summed E-state index contributed by atoms with van der Waals surface area (Å²) in [6.45, 7) is -0.0966. The Morgan fingerprint density at radius 3 is 2.58 bits per heavy atom. The van der Waals surface area contributed by atoms with E-state index in [0.29, 0.717) is 16.2 Å².